The van der Waals surface area contributed by atoms with Crippen LogP contribution in [0.3, 0.4) is 0 Å². The minimum atomic E-state index is -0.659. The number of nitrogens with zero attached hydrogens (tertiary/aromatic N) is 2. The van der Waals surface area contributed by atoms with Crippen LogP contribution in [0.5, 0.6) is 0 Å². The highest BCUT2D eigenvalue weighted by molar-refractivity contribution is 6.27. The molecule has 3 heterocycles. The van der Waals surface area contributed by atoms with Crippen LogP contribution in [-0.2, 0) is 22.6 Å². The molecule has 0 bridgehead atoms. The van der Waals surface area contributed by atoms with Crippen molar-refractivity contribution in [3.05, 3.63) is 76.9 Å². The number of hydrogen-bond acceptors (Lipinski definition) is 4. The fourth-order valence-electron chi connectivity index (χ4n) is 7.51. The normalized spacial score (nSPS) is 22.7. The molecule has 2 saturated heterocycles. The molecule has 6 heteroatoms. The van der Waals surface area contributed by atoms with E-state index in [0.29, 0.717) is 17.4 Å². The van der Waals surface area contributed by atoms with Crippen molar-refractivity contribution in [2.45, 2.75) is 70.4 Å². The van der Waals surface area contributed by atoms with Gasteiger partial charge in [0.2, 0.25) is 11.8 Å². The Morgan fingerprint density at radius 3 is 2.33 bits per heavy atom. The Kier molecular flexibility index (Phi) is 6.03. The first-order valence-electron chi connectivity index (χ1n) is 14.5. The average Bonchev–Trinajstić information content (AvgIpc) is 3.52. The first-order chi connectivity index (χ1) is 19.0. The standard InChI is InChI=1S/C33H35N3O3/c37-29-13-12-28(31(38)34-29)36-27-11-10-24(25-4-3-5-26(30(25)27)32(36)39)20-22-6-8-23(9-7-22)21-35-18-16-33(17-19-35)14-1-2-15-33/h3-11,28H,1-2,12-21H2,(H,34,37,38). The molecule has 1 N–H and O–H groups in total. The van der Waals surface area contributed by atoms with E-state index in [-0.39, 0.29) is 18.2 Å². The van der Waals surface area contributed by atoms with E-state index >= 15 is 0 Å². The highest BCUT2D eigenvalue weighted by Crippen LogP contribution is 2.46. The summed E-state index contributed by atoms with van der Waals surface area (Å²) in [7, 11) is 0. The van der Waals surface area contributed by atoms with Gasteiger partial charge in [-0.25, -0.2) is 0 Å². The quantitative estimate of drug-likeness (QED) is 0.460. The van der Waals surface area contributed by atoms with Crippen molar-refractivity contribution in [3.63, 3.8) is 0 Å². The zero-order valence-corrected chi connectivity index (χ0v) is 22.4. The zero-order valence-electron chi connectivity index (χ0n) is 22.4. The van der Waals surface area contributed by atoms with Gasteiger partial charge in [-0.1, -0.05) is 55.3 Å². The van der Waals surface area contributed by atoms with Crippen molar-refractivity contribution >= 4 is 34.2 Å². The van der Waals surface area contributed by atoms with Crippen molar-refractivity contribution in [1.82, 2.24) is 10.2 Å². The zero-order chi connectivity index (χ0) is 26.6. The molecule has 1 atom stereocenters. The van der Waals surface area contributed by atoms with Crippen LogP contribution in [0.25, 0.3) is 10.8 Å². The van der Waals surface area contributed by atoms with E-state index in [1.54, 1.807) is 4.90 Å². The van der Waals surface area contributed by atoms with Crippen LogP contribution in [0.4, 0.5) is 5.69 Å². The Bertz CT molecular complexity index is 1460. The molecule has 3 fully saturated rings. The number of carbonyl (C=O) groups is 3. The molecule has 200 valence electrons. The van der Waals surface area contributed by atoms with Crippen LogP contribution >= 0.6 is 0 Å². The highest BCUT2D eigenvalue weighted by Gasteiger charge is 2.41. The molecule has 0 aromatic heterocycles. The third-order valence-electron chi connectivity index (χ3n) is 9.74. The maximum Gasteiger partial charge on any atom is 0.259 e. The fourth-order valence-corrected chi connectivity index (χ4v) is 7.51. The van der Waals surface area contributed by atoms with Crippen LogP contribution in [0.1, 0.15) is 78.4 Å². The van der Waals surface area contributed by atoms with Gasteiger partial charge in [-0.15, -0.1) is 0 Å². The van der Waals surface area contributed by atoms with E-state index in [1.165, 1.54) is 68.3 Å². The third-order valence-corrected chi connectivity index (χ3v) is 9.74. The number of likely N-dealkylation sites (tertiary alicyclic amines) is 1. The lowest BCUT2D eigenvalue weighted by Crippen LogP contribution is -2.53. The lowest BCUT2D eigenvalue weighted by atomic mass is 9.77. The van der Waals surface area contributed by atoms with Crippen molar-refractivity contribution in [2.24, 2.45) is 5.41 Å². The summed E-state index contributed by atoms with van der Waals surface area (Å²) in [5.41, 5.74) is 5.83. The number of imide groups is 1. The van der Waals surface area contributed by atoms with Crippen molar-refractivity contribution in [2.75, 3.05) is 18.0 Å². The van der Waals surface area contributed by atoms with E-state index in [9.17, 15) is 14.4 Å². The lowest BCUT2D eigenvalue weighted by Gasteiger charge is -2.39. The second-order valence-electron chi connectivity index (χ2n) is 12.1. The number of amides is 3. The number of anilines is 1. The minimum Gasteiger partial charge on any atom is -0.299 e. The van der Waals surface area contributed by atoms with Crippen LogP contribution in [-0.4, -0.2) is 41.8 Å². The van der Waals surface area contributed by atoms with E-state index in [2.05, 4.69) is 46.6 Å². The topological polar surface area (TPSA) is 69.7 Å². The number of hydrogen-bond donors (Lipinski definition) is 1. The third kappa shape index (κ3) is 4.35. The molecule has 7 rings (SSSR count). The summed E-state index contributed by atoms with van der Waals surface area (Å²) in [6, 6.07) is 18.2. The van der Waals surface area contributed by atoms with Gasteiger partial charge in [-0.3, -0.25) is 29.5 Å². The van der Waals surface area contributed by atoms with E-state index in [4.69, 9.17) is 0 Å². The summed E-state index contributed by atoms with van der Waals surface area (Å²) in [5, 5.41) is 4.35. The van der Waals surface area contributed by atoms with Gasteiger partial charge in [0, 0.05) is 23.9 Å². The number of carbonyl (C=O) groups excluding carboxylic acids is 3. The Morgan fingerprint density at radius 2 is 1.59 bits per heavy atom. The average molecular weight is 522 g/mol. The van der Waals surface area contributed by atoms with Crippen LogP contribution < -0.4 is 10.2 Å². The molecule has 1 spiro atoms. The van der Waals surface area contributed by atoms with Gasteiger partial charge in [-0.05, 0) is 91.2 Å². The summed E-state index contributed by atoms with van der Waals surface area (Å²) in [6.45, 7) is 3.46. The molecule has 0 radical (unpaired) electrons. The van der Waals surface area contributed by atoms with Gasteiger partial charge >= 0.3 is 0 Å². The summed E-state index contributed by atoms with van der Waals surface area (Å²) in [5.74, 6) is -0.837. The molecular weight excluding hydrogens is 486 g/mol. The number of nitrogens with one attached hydrogen (secondary N) is 1. The molecule has 39 heavy (non-hydrogen) atoms. The van der Waals surface area contributed by atoms with Crippen molar-refractivity contribution < 1.29 is 14.4 Å². The molecule has 6 nitrogen and oxygen atoms in total. The number of piperidine rings is 2. The highest BCUT2D eigenvalue weighted by atomic mass is 16.2. The summed E-state index contributed by atoms with van der Waals surface area (Å²) in [4.78, 5) is 41.9. The molecule has 1 saturated carbocycles. The molecule has 3 amide bonds. The van der Waals surface area contributed by atoms with Crippen molar-refractivity contribution in [3.8, 4) is 0 Å². The van der Waals surface area contributed by atoms with Crippen molar-refractivity contribution in [1.29, 1.82) is 0 Å². The van der Waals surface area contributed by atoms with Crippen LogP contribution in [0, 0.1) is 5.41 Å². The smallest absolute Gasteiger partial charge is 0.259 e. The largest absolute Gasteiger partial charge is 0.299 e. The molecule has 3 aromatic rings. The van der Waals surface area contributed by atoms with Gasteiger partial charge in [0.15, 0.2) is 0 Å². The van der Waals surface area contributed by atoms with Gasteiger partial charge < -0.3 is 0 Å². The first kappa shape index (κ1) is 24.5. The maximum atomic E-state index is 13.4. The number of benzene rings is 3. The molecule has 3 aromatic carbocycles. The Labute approximate surface area is 229 Å². The second-order valence-corrected chi connectivity index (χ2v) is 12.1. The summed E-state index contributed by atoms with van der Waals surface area (Å²) < 4.78 is 0. The minimum absolute atomic E-state index is 0.164. The Hall–Kier alpha value is -3.51. The molecular formula is C33H35N3O3. The summed E-state index contributed by atoms with van der Waals surface area (Å²) >= 11 is 0. The van der Waals surface area contributed by atoms with E-state index in [1.807, 2.05) is 18.2 Å². The first-order valence-corrected chi connectivity index (χ1v) is 14.5. The maximum absolute atomic E-state index is 13.4. The molecule has 3 aliphatic heterocycles. The van der Waals surface area contributed by atoms with E-state index in [0.717, 1.165) is 29.4 Å². The molecule has 1 aliphatic carbocycles. The lowest BCUT2D eigenvalue weighted by molar-refractivity contribution is -0.134. The second kappa shape index (κ2) is 9.60. The summed E-state index contributed by atoms with van der Waals surface area (Å²) in [6.07, 6.45) is 9.82. The fraction of sp³-hybridized carbons (Fsp3) is 0.424. The molecule has 4 aliphatic rings. The predicted molar refractivity (Wildman–Crippen MR) is 152 cm³/mol. The van der Waals surface area contributed by atoms with E-state index < -0.39 is 11.9 Å². The van der Waals surface area contributed by atoms with Crippen LogP contribution in [0.15, 0.2) is 54.6 Å². The van der Waals surface area contributed by atoms with Crippen LogP contribution in [0.2, 0.25) is 0 Å². The monoisotopic (exact) mass is 521 g/mol. The SMILES string of the molecule is O=C1CCC(N2C(=O)c3cccc4c(Cc5ccc(CN6CCC7(CCCC7)CC6)cc5)ccc2c34)C(=O)N1. The Balaban J connectivity index is 1.08. The number of rotatable bonds is 5. The van der Waals surface area contributed by atoms with Gasteiger partial charge in [0.05, 0.1) is 5.69 Å². The predicted octanol–water partition coefficient (Wildman–Crippen LogP) is 5.35. The van der Waals surface area contributed by atoms with Gasteiger partial charge in [-0.2, -0.15) is 0 Å². The van der Waals surface area contributed by atoms with Gasteiger partial charge in [0.25, 0.3) is 5.91 Å². The Morgan fingerprint density at radius 1 is 0.846 bits per heavy atom. The molecule has 1 unspecified atom stereocenters. The van der Waals surface area contributed by atoms with Gasteiger partial charge in [0.1, 0.15) is 6.04 Å².